The van der Waals surface area contributed by atoms with E-state index in [1.165, 1.54) is 36.4 Å². The number of hydroxylamine groups is 2. The number of rotatable bonds is 20. The standard InChI is InChI=1S/C47H54N4O12S2/c1-33-19-24-36(64(57,58)59)31-38(33)46(2,3)41(48-29-14-15-34-20-22-35(23-21-34)51(55)56)16-10-7-6-8-11-17-42-47(4,5)39-32-37(65(60,61)62)25-26-40(39)49(42)30-13-9-12-18-45(54)63-50-43(52)27-28-44(50)53/h6-8,10-11,16-17,19-26,31-32H,9,12-15,18,27-30H2,1-5H3,(H,57,58,59)(H,60,61,62)/b7-6+,11-8+,16-10+,42-17+,48-41+. The smallest absolute Gasteiger partial charge is 0.333 e. The van der Waals surface area contributed by atoms with Gasteiger partial charge < -0.3 is 9.74 Å². The van der Waals surface area contributed by atoms with Crippen LogP contribution >= 0.6 is 0 Å². The topological polar surface area (TPSA) is 231 Å². The second-order valence-corrected chi connectivity index (χ2v) is 19.7. The number of unbranched alkanes of at least 4 members (excludes halogenated alkanes) is 2. The Hall–Kier alpha value is -6.08. The van der Waals surface area contributed by atoms with Crippen LogP contribution in [0.5, 0.6) is 0 Å². The Kier molecular flexibility index (Phi) is 16.0. The van der Waals surface area contributed by atoms with E-state index < -0.39 is 53.8 Å². The molecule has 3 aromatic carbocycles. The molecule has 0 aromatic heterocycles. The van der Waals surface area contributed by atoms with Crippen molar-refractivity contribution in [3.05, 3.63) is 141 Å². The number of allylic oxidation sites excluding steroid dienone is 8. The van der Waals surface area contributed by atoms with Crippen molar-refractivity contribution in [3.63, 3.8) is 0 Å². The van der Waals surface area contributed by atoms with E-state index in [2.05, 4.69) is 4.90 Å². The Morgan fingerprint density at radius 1 is 0.862 bits per heavy atom. The van der Waals surface area contributed by atoms with Crippen molar-refractivity contribution in [2.45, 2.75) is 107 Å². The Morgan fingerprint density at radius 3 is 2.12 bits per heavy atom. The number of nitrogens with zero attached hydrogens (tertiary/aromatic N) is 4. The van der Waals surface area contributed by atoms with Crippen molar-refractivity contribution >= 4 is 55.1 Å². The van der Waals surface area contributed by atoms with E-state index in [0.717, 1.165) is 22.5 Å². The van der Waals surface area contributed by atoms with Gasteiger partial charge in [-0.25, -0.2) is 4.79 Å². The normalized spacial score (nSPS) is 16.5. The van der Waals surface area contributed by atoms with Gasteiger partial charge in [0.15, 0.2) is 0 Å². The van der Waals surface area contributed by atoms with E-state index >= 15 is 0 Å². The number of non-ortho nitro benzene ring substituents is 1. The van der Waals surface area contributed by atoms with Gasteiger partial charge in [-0.15, -0.1) is 5.06 Å². The minimum atomic E-state index is -4.47. The lowest BCUT2D eigenvalue weighted by molar-refractivity contribution is -0.384. The predicted molar refractivity (Wildman–Crippen MR) is 246 cm³/mol. The highest BCUT2D eigenvalue weighted by atomic mass is 32.2. The summed E-state index contributed by atoms with van der Waals surface area (Å²) >= 11 is 0. The summed E-state index contributed by atoms with van der Waals surface area (Å²) in [5, 5.41) is 11.6. The third kappa shape index (κ3) is 12.6. The fourth-order valence-corrected chi connectivity index (χ4v) is 8.88. The summed E-state index contributed by atoms with van der Waals surface area (Å²) in [4.78, 5) is 58.1. The molecule has 0 aliphatic carbocycles. The molecule has 5 rings (SSSR count). The number of amides is 2. The molecular formula is C47H54N4O12S2. The number of hydrogen-bond donors (Lipinski definition) is 2. The molecule has 0 bridgehead atoms. The van der Waals surface area contributed by atoms with Gasteiger partial charge in [0.25, 0.3) is 37.7 Å². The Labute approximate surface area is 379 Å². The average molecular weight is 931 g/mol. The molecule has 2 N–H and O–H groups in total. The summed E-state index contributed by atoms with van der Waals surface area (Å²) in [6.45, 7) is 10.5. The number of carbonyl (C=O) groups excluding carboxylic acids is 3. The summed E-state index contributed by atoms with van der Waals surface area (Å²) in [5.74, 6) is -1.75. The van der Waals surface area contributed by atoms with E-state index in [1.807, 2.05) is 77.2 Å². The molecule has 3 aromatic rings. The number of nitro benzene ring substituents is 1. The van der Waals surface area contributed by atoms with Crippen LogP contribution in [-0.4, -0.2) is 72.5 Å². The lowest BCUT2D eigenvalue weighted by Crippen LogP contribution is -2.32. The summed E-state index contributed by atoms with van der Waals surface area (Å²) in [5.41, 5.74) is 3.89. The molecule has 0 atom stereocenters. The SMILES string of the molecule is Cc1ccc(S(=O)(=O)O)cc1C(C)(C)C(/C=C/C=C/C=C/C=C1/N(CCCCCC(=O)ON2C(=O)CCC2=O)c2ccc(S(=O)(=O)O)cc2C1(C)C)=N/CCCc1ccc([N+](=O)[O-])cc1. The van der Waals surface area contributed by atoms with Crippen LogP contribution in [0.1, 0.15) is 94.9 Å². The summed E-state index contributed by atoms with van der Waals surface area (Å²) in [6, 6.07) is 15.3. The van der Waals surface area contributed by atoms with Gasteiger partial charge in [0.2, 0.25) is 0 Å². The molecule has 2 heterocycles. The number of aryl methyl sites for hydroxylation is 2. The van der Waals surface area contributed by atoms with Gasteiger partial charge in [0, 0.05) is 72.4 Å². The van der Waals surface area contributed by atoms with Crippen LogP contribution < -0.4 is 4.90 Å². The van der Waals surface area contributed by atoms with Crippen molar-refractivity contribution in [1.29, 1.82) is 0 Å². The molecule has 2 aliphatic heterocycles. The zero-order chi connectivity index (χ0) is 47.7. The van der Waals surface area contributed by atoms with Gasteiger partial charge >= 0.3 is 5.97 Å². The number of aliphatic imine (C=N–C) groups is 1. The average Bonchev–Trinajstić information content (AvgIpc) is 3.66. The van der Waals surface area contributed by atoms with Crippen LogP contribution in [0.2, 0.25) is 0 Å². The first kappa shape index (κ1) is 49.9. The number of benzene rings is 3. The Balaban J connectivity index is 1.33. The van der Waals surface area contributed by atoms with Crippen molar-refractivity contribution in [3.8, 4) is 0 Å². The fourth-order valence-electron chi connectivity index (χ4n) is 7.86. The number of anilines is 1. The molecule has 18 heteroatoms. The monoisotopic (exact) mass is 930 g/mol. The minimum absolute atomic E-state index is 0.0102. The Morgan fingerprint density at radius 2 is 1.48 bits per heavy atom. The number of imide groups is 1. The zero-order valence-electron chi connectivity index (χ0n) is 37.0. The quantitative estimate of drug-likeness (QED) is 0.0207. The highest BCUT2D eigenvalue weighted by molar-refractivity contribution is 7.86. The van der Waals surface area contributed by atoms with E-state index in [9.17, 15) is 50.4 Å². The highest BCUT2D eigenvalue weighted by Gasteiger charge is 2.40. The molecule has 2 aliphatic rings. The number of hydrogen-bond acceptors (Lipinski definition) is 12. The van der Waals surface area contributed by atoms with E-state index in [-0.39, 0.29) is 34.7 Å². The zero-order valence-corrected chi connectivity index (χ0v) is 38.6. The number of fused-ring (bicyclic) bond motifs is 1. The van der Waals surface area contributed by atoms with Crippen LogP contribution in [0.15, 0.2) is 124 Å². The summed E-state index contributed by atoms with van der Waals surface area (Å²) in [6.07, 6.45) is 15.9. The van der Waals surface area contributed by atoms with Crippen LogP contribution in [0.3, 0.4) is 0 Å². The van der Waals surface area contributed by atoms with Crippen molar-refractivity contribution in [2.75, 3.05) is 18.0 Å². The number of nitro groups is 1. The molecular weight excluding hydrogens is 877 g/mol. The van der Waals surface area contributed by atoms with Gasteiger partial charge in [-0.2, -0.15) is 16.8 Å². The van der Waals surface area contributed by atoms with E-state index in [0.29, 0.717) is 67.1 Å². The van der Waals surface area contributed by atoms with Crippen LogP contribution in [0, 0.1) is 17.0 Å². The maximum Gasteiger partial charge on any atom is 0.333 e. The fraction of sp³-hybridized carbons (Fsp3) is 0.362. The highest BCUT2D eigenvalue weighted by Crippen LogP contribution is 2.48. The maximum atomic E-state index is 12.3. The molecule has 1 saturated heterocycles. The summed E-state index contributed by atoms with van der Waals surface area (Å²) < 4.78 is 68.0. The lowest BCUT2D eigenvalue weighted by atomic mass is 9.77. The Bertz CT molecular complexity index is 2680. The molecule has 65 heavy (non-hydrogen) atoms. The largest absolute Gasteiger partial charge is 0.344 e. The van der Waals surface area contributed by atoms with Crippen LogP contribution in [0.4, 0.5) is 11.4 Å². The molecule has 1 fully saturated rings. The third-order valence-corrected chi connectivity index (χ3v) is 13.1. The molecule has 16 nitrogen and oxygen atoms in total. The summed E-state index contributed by atoms with van der Waals surface area (Å²) in [7, 11) is -8.94. The minimum Gasteiger partial charge on any atom is -0.344 e. The second-order valence-electron chi connectivity index (χ2n) is 16.8. The maximum absolute atomic E-state index is 12.3. The first-order chi connectivity index (χ1) is 30.5. The molecule has 346 valence electrons. The van der Waals surface area contributed by atoms with Gasteiger partial charge in [-0.3, -0.25) is 33.8 Å². The van der Waals surface area contributed by atoms with Gasteiger partial charge in [-0.05, 0) is 97.3 Å². The van der Waals surface area contributed by atoms with Crippen molar-refractivity contribution in [2.24, 2.45) is 4.99 Å². The van der Waals surface area contributed by atoms with Gasteiger partial charge in [0.05, 0.1) is 14.7 Å². The third-order valence-electron chi connectivity index (χ3n) is 11.4. The molecule has 0 unspecified atom stereocenters. The second kappa shape index (κ2) is 20.8. The van der Waals surface area contributed by atoms with Gasteiger partial charge in [0.1, 0.15) is 0 Å². The van der Waals surface area contributed by atoms with E-state index in [1.54, 1.807) is 24.3 Å². The molecule has 2 amide bonds. The lowest BCUT2D eigenvalue weighted by Gasteiger charge is -2.28. The predicted octanol–water partition coefficient (Wildman–Crippen LogP) is 8.27. The van der Waals surface area contributed by atoms with Crippen LogP contribution in [0.25, 0.3) is 0 Å². The van der Waals surface area contributed by atoms with Crippen molar-refractivity contribution < 1.29 is 50.1 Å². The molecule has 0 spiro atoms. The molecule has 0 radical (unpaired) electrons. The first-order valence-electron chi connectivity index (χ1n) is 21.1. The number of carbonyl (C=O) groups is 3. The van der Waals surface area contributed by atoms with Crippen molar-refractivity contribution in [1.82, 2.24) is 5.06 Å². The molecule has 0 saturated carbocycles. The van der Waals surface area contributed by atoms with E-state index in [4.69, 9.17) is 9.83 Å². The van der Waals surface area contributed by atoms with Crippen LogP contribution in [-0.2, 0) is 56.7 Å². The first-order valence-corrected chi connectivity index (χ1v) is 23.9. The van der Waals surface area contributed by atoms with Gasteiger partial charge in [-0.1, -0.05) is 82.7 Å².